The van der Waals surface area contributed by atoms with Gasteiger partial charge in [0.25, 0.3) is 0 Å². The quantitative estimate of drug-likeness (QED) is 0.169. The Kier molecular flexibility index (Phi) is 11.3. The molecule has 5 atom stereocenters. The number of aliphatic hydroxyl groups excluding tert-OH is 1. The second-order valence-electron chi connectivity index (χ2n) is 14.2. The maximum atomic E-state index is 12.0. The van der Waals surface area contributed by atoms with Crippen LogP contribution in [-0.4, -0.2) is 58.4 Å². The summed E-state index contributed by atoms with van der Waals surface area (Å²) in [5.74, 6) is -0.363. The van der Waals surface area contributed by atoms with Crippen LogP contribution in [0.25, 0.3) is 0 Å². The van der Waals surface area contributed by atoms with Gasteiger partial charge in [-0.1, -0.05) is 61.5 Å². The van der Waals surface area contributed by atoms with E-state index in [0.717, 1.165) is 0 Å². The van der Waals surface area contributed by atoms with Crippen LogP contribution < -0.4 is 0 Å². The third kappa shape index (κ3) is 9.05. The van der Waals surface area contributed by atoms with Crippen LogP contribution in [0.15, 0.2) is 12.7 Å². The zero-order valence-electron chi connectivity index (χ0n) is 25.5. The SMILES string of the molecule is C=CCC(O)C(C)(C)[C@H](C[C@H]1C[C@@H](O[Si](C)(C)C(C)(C)C)C[C@@H](O[Si](C)(C)C(C)(C)C)O1)OC(C)=O. The number of carbonyl (C=O) groups is 1. The highest BCUT2D eigenvalue weighted by atomic mass is 28.4. The highest BCUT2D eigenvalue weighted by Gasteiger charge is 2.47. The van der Waals surface area contributed by atoms with Crippen molar-refractivity contribution in [2.24, 2.45) is 5.41 Å². The number of rotatable bonds is 11. The zero-order valence-corrected chi connectivity index (χ0v) is 27.5. The van der Waals surface area contributed by atoms with E-state index in [1.165, 1.54) is 6.92 Å². The molecule has 1 rings (SSSR count). The normalized spacial score (nSPS) is 24.2. The second kappa shape index (κ2) is 12.1. The van der Waals surface area contributed by atoms with E-state index < -0.39 is 34.3 Å². The molecule has 1 saturated heterocycles. The highest BCUT2D eigenvalue weighted by Crippen LogP contribution is 2.43. The predicted octanol–water partition coefficient (Wildman–Crippen LogP) is 7.19. The summed E-state index contributed by atoms with van der Waals surface area (Å²) in [5.41, 5.74) is -0.674. The number of ether oxygens (including phenoxy) is 2. The maximum absolute atomic E-state index is 12.0. The topological polar surface area (TPSA) is 74.2 Å². The van der Waals surface area contributed by atoms with Gasteiger partial charge in [0.05, 0.1) is 18.3 Å². The molecule has 1 aliphatic heterocycles. The summed E-state index contributed by atoms with van der Waals surface area (Å²) < 4.78 is 25.9. The Balaban J connectivity index is 3.27. The number of hydrogen-bond donors (Lipinski definition) is 1. The first-order valence-corrected chi connectivity index (χ1v) is 19.3. The third-order valence-electron chi connectivity index (χ3n) is 8.69. The molecular formula is C28H56O6Si2. The number of aliphatic hydroxyl groups is 1. The fourth-order valence-corrected chi connectivity index (χ4v) is 6.51. The van der Waals surface area contributed by atoms with Gasteiger partial charge in [-0.15, -0.1) is 6.58 Å². The van der Waals surface area contributed by atoms with Gasteiger partial charge in [-0.05, 0) is 49.1 Å². The average molecular weight is 545 g/mol. The molecule has 0 amide bonds. The minimum absolute atomic E-state index is 0.00130. The van der Waals surface area contributed by atoms with Gasteiger partial charge in [0.15, 0.2) is 22.9 Å². The summed E-state index contributed by atoms with van der Waals surface area (Å²) in [6, 6.07) is 0. The van der Waals surface area contributed by atoms with Gasteiger partial charge in [0.1, 0.15) is 6.10 Å². The van der Waals surface area contributed by atoms with Crippen molar-refractivity contribution in [3.8, 4) is 0 Å². The van der Waals surface area contributed by atoms with Crippen LogP contribution in [0.1, 0.15) is 88.0 Å². The van der Waals surface area contributed by atoms with E-state index in [1.54, 1.807) is 6.08 Å². The van der Waals surface area contributed by atoms with Gasteiger partial charge < -0.3 is 23.4 Å². The van der Waals surface area contributed by atoms with Crippen molar-refractivity contribution in [3.05, 3.63) is 12.7 Å². The fourth-order valence-electron chi connectivity index (χ4n) is 3.97. The molecule has 36 heavy (non-hydrogen) atoms. The Morgan fingerprint density at radius 3 is 1.94 bits per heavy atom. The number of carbonyl (C=O) groups excluding carboxylic acids is 1. The van der Waals surface area contributed by atoms with Crippen LogP contribution in [0.5, 0.6) is 0 Å². The smallest absolute Gasteiger partial charge is 0.302 e. The molecule has 0 spiro atoms. The van der Waals surface area contributed by atoms with Crippen molar-refractivity contribution >= 4 is 22.6 Å². The van der Waals surface area contributed by atoms with Gasteiger partial charge in [-0.25, -0.2) is 0 Å². The Bertz CT molecular complexity index is 699. The molecule has 0 saturated carbocycles. The minimum Gasteiger partial charge on any atom is -0.462 e. The van der Waals surface area contributed by atoms with Gasteiger partial charge >= 0.3 is 5.97 Å². The third-order valence-corrected chi connectivity index (χ3v) is 17.7. The second-order valence-corrected chi connectivity index (χ2v) is 23.7. The van der Waals surface area contributed by atoms with Crippen molar-refractivity contribution < 1.29 is 28.2 Å². The molecule has 0 aromatic heterocycles. The summed E-state index contributed by atoms with van der Waals surface area (Å²) in [6.07, 6.45) is 2.17. The van der Waals surface area contributed by atoms with Crippen LogP contribution in [0.4, 0.5) is 0 Å². The molecular weight excluding hydrogens is 488 g/mol. The van der Waals surface area contributed by atoms with Gasteiger partial charge in [-0.2, -0.15) is 0 Å². The Labute approximate surface area is 223 Å². The molecule has 8 heteroatoms. The van der Waals surface area contributed by atoms with E-state index in [0.29, 0.717) is 25.7 Å². The summed E-state index contributed by atoms with van der Waals surface area (Å²) >= 11 is 0. The van der Waals surface area contributed by atoms with Gasteiger partial charge in [0, 0.05) is 25.2 Å². The molecule has 1 unspecified atom stereocenters. The van der Waals surface area contributed by atoms with Crippen molar-refractivity contribution in [3.63, 3.8) is 0 Å². The van der Waals surface area contributed by atoms with Crippen molar-refractivity contribution in [2.75, 3.05) is 0 Å². The summed E-state index contributed by atoms with van der Waals surface area (Å²) in [4.78, 5) is 12.0. The molecule has 0 bridgehead atoms. The molecule has 0 aliphatic carbocycles. The van der Waals surface area contributed by atoms with Gasteiger partial charge in [-0.3, -0.25) is 4.79 Å². The molecule has 0 aromatic carbocycles. The predicted molar refractivity (Wildman–Crippen MR) is 153 cm³/mol. The molecule has 6 nitrogen and oxygen atoms in total. The van der Waals surface area contributed by atoms with Crippen LogP contribution in [-0.2, 0) is 23.1 Å². The molecule has 212 valence electrons. The lowest BCUT2D eigenvalue weighted by Gasteiger charge is -2.47. The van der Waals surface area contributed by atoms with E-state index in [2.05, 4.69) is 74.3 Å². The molecule has 1 fully saturated rings. The Hall–Kier alpha value is -0.516. The molecule has 1 N–H and O–H groups in total. The first kappa shape index (κ1) is 33.5. The average Bonchev–Trinajstić information content (AvgIpc) is 2.64. The van der Waals surface area contributed by atoms with E-state index in [1.807, 2.05) is 13.8 Å². The first-order valence-electron chi connectivity index (χ1n) is 13.5. The zero-order chi connectivity index (χ0) is 28.3. The molecule has 0 radical (unpaired) electrons. The molecule has 1 heterocycles. The number of esters is 1. The van der Waals surface area contributed by atoms with E-state index in [-0.39, 0.29) is 34.5 Å². The summed E-state index contributed by atoms with van der Waals surface area (Å²) in [7, 11) is -4.10. The minimum atomic E-state index is -2.08. The summed E-state index contributed by atoms with van der Waals surface area (Å²) in [6.45, 7) is 31.5. The lowest BCUT2D eigenvalue weighted by molar-refractivity contribution is -0.197. The van der Waals surface area contributed by atoms with Crippen molar-refractivity contribution in [1.82, 2.24) is 0 Å². The van der Waals surface area contributed by atoms with E-state index in [4.69, 9.17) is 18.3 Å². The largest absolute Gasteiger partial charge is 0.462 e. The number of hydrogen-bond acceptors (Lipinski definition) is 6. The Morgan fingerprint density at radius 1 is 1.00 bits per heavy atom. The van der Waals surface area contributed by atoms with Crippen LogP contribution in [0, 0.1) is 5.41 Å². The van der Waals surface area contributed by atoms with Crippen LogP contribution >= 0.6 is 0 Å². The first-order chi connectivity index (χ1) is 16.0. The van der Waals surface area contributed by atoms with Crippen molar-refractivity contribution in [1.29, 1.82) is 0 Å². The lowest BCUT2D eigenvalue weighted by atomic mass is 9.76. The van der Waals surface area contributed by atoms with Crippen molar-refractivity contribution in [2.45, 2.75) is 155 Å². The maximum Gasteiger partial charge on any atom is 0.302 e. The molecule has 0 aromatic rings. The van der Waals surface area contributed by atoms with E-state index in [9.17, 15) is 9.90 Å². The fraction of sp³-hybridized carbons (Fsp3) is 0.893. The molecule has 1 aliphatic rings. The van der Waals surface area contributed by atoms with Gasteiger partial charge in [0.2, 0.25) is 0 Å². The highest BCUT2D eigenvalue weighted by molar-refractivity contribution is 6.74. The standard InChI is InChI=1S/C28H56O6Si2/c1-15-16-23(30)28(9,10)24(31-20(2)29)18-21-17-22(33-35(11,12)26(3,4)5)19-25(32-21)34-36(13,14)27(6,7)8/h15,21-25,30H,1,16-19H2,2-14H3/t21-,22-,23?,24+,25-/m1/s1. The monoisotopic (exact) mass is 544 g/mol. The van der Waals surface area contributed by atoms with Crippen LogP contribution in [0.3, 0.4) is 0 Å². The summed E-state index contributed by atoms with van der Waals surface area (Å²) in [5, 5.41) is 11.0. The van der Waals surface area contributed by atoms with E-state index >= 15 is 0 Å². The Morgan fingerprint density at radius 2 is 1.50 bits per heavy atom. The lowest BCUT2D eigenvalue weighted by Crippen LogP contribution is -2.52. The van der Waals surface area contributed by atoms with Crippen LogP contribution in [0.2, 0.25) is 36.3 Å².